The van der Waals surface area contributed by atoms with Crippen LogP contribution in [0.25, 0.3) is 0 Å². The molecule has 0 saturated heterocycles. The third kappa shape index (κ3) is 2.65. The quantitative estimate of drug-likeness (QED) is 0.759. The highest BCUT2D eigenvalue weighted by molar-refractivity contribution is 5.22. The van der Waals surface area contributed by atoms with Gasteiger partial charge in [0.15, 0.2) is 0 Å². The largest absolute Gasteiger partial charge is 0.480 e. The van der Waals surface area contributed by atoms with Crippen LogP contribution in [0.5, 0.6) is 5.88 Å². The van der Waals surface area contributed by atoms with Crippen LogP contribution in [0.1, 0.15) is 12.5 Å². The molecule has 0 atom stereocenters. The van der Waals surface area contributed by atoms with Gasteiger partial charge in [0.05, 0.1) is 7.11 Å². The van der Waals surface area contributed by atoms with E-state index in [2.05, 4.69) is 5.10 Å². The first-order valence-electron chi connectivity index (χ1n) is 4.13. The lowest BCUT2D eigenvalue weighted by Gasteiger charge is -2.04. The number of aromatic nitrogens is 2. The summed E-state index contributed by atoms with van der Waals surface area (Å²) in [5, 5.41) is 3.66. The standard InChI is InChI=1S/C8H11F3N2O/c1-3-6-4-13(5-8(9,10)11)12-7(6)14-2/h4H,3,5H2,1-2H3. The first-order chi connectivity index (χ1) is 6.46. The summed E-state index contributed by atoms with van der Waals surface area (Å²) in [5.41, 5.74) is 0.678. The number of nitrogens with zero attached hydrogens (tertiary/aromatic N) is 2. The molecule has 0 saturated carbocycles. The fourth-order valence-electron chi connectivity index (χ4n) is 1.12. The number of rotatable bonds is 3. The van der Waals surface area contributed by atoms with E-state index in [1.54, 1.807) is 0 Å². The van der Waals surface area contributed by atoms with Crippen molar-refractivity contribution in [3.63, 3.8) is 0 Å². The summed E-state index contributed by atoms with van der Waals surface area (Å²) in [6.07, 6.45) is -2.30. The van der Waals surface area contributed by atoms with Crippen molar-refractivity contribution >= 4 is 0 Å². The number of alkyl halides is 3. The molecular weight excluding hydrogens is 197 g/mol. The van der Waals surface area contributed by atoms with E-state index >= 15 is 0 Å². The van der Waals surface area contributed by atoms with Crippen LogP contribution in [0.4, 0.5) is 13.2 Å². The molecule has 0 aliphatic rings. The van der Waals surface area contributed by atoms with E-state index < -0.39 is 12.7 Å². The van der Waals surface area contributed by atoms with Crippen LogP contribution in [0.2, 0.25) is 0 Å². The Labute approximate surface area is 79.5 Å². The average Bonchev–Trinajstić information content (AvgIpc) is 2.43. The smallest absolute Gasteiger partial charge is 0.408 e. The van der Waals surface area contributed by atoms with Crippen molar-refractivity contribution in [1.82, 2.24) is 9.78 Å². The minimum absolute atomic E-state index is 0.261. The molecule has 3 nitrogen and oxygen atoms in total. The predicted octanol–water partition coefficient (Wildman–Crippen LogP) is 2.02. The van der Waals surface area contributed by atoms with E-state index in [0.29, 0.717) is 12.0 Å². The van der Waals surface area contributed by atoms with Crippen LogP contribution in [0.15, 0.2) is 6.20 Å². The lowest BCUT2D eigenvalue weighted by atomic mass is 10.3. The van der Waals surface area contributed by atoms with Gasteiger partial charge in [0.25, 0.3) is 0 Å². The molecule has 0 unspecified atom stereocenters. The molecule has 0 amide bonds. The van der Waals surface area contributed by atoms with Crippen LogP contribution < -0.4 is 4.74 Å². The van der Waals surface area contributed by atoms with Crippen LogP contribution in [0, 0.1) is 0 Å². The maximum Gasteiger partial charge on any atom is 0.408 e. The zero-order valence-electron chi connectivity index (χ0n) is 7.93. The van der Waals surface area contributed by atoms with Gasteiger partial charge in [-0.15, -0.1) is 5.10 Å². The molecule has 1 aromatic rings. The topological polar surface area (TPSA) is 27.1 Å². The Morgan fingerprint density at radius 1 is 1.50 bits per heavy atom. The Bertz CT molecular complexity index is 285. The highest BCUT2D eigenvalue weighted by Crippen LogP contribution is 2.21. The number of halogens is 3. The maximum absolute atomic E-state index is 12.0. The van der Waals surface area contributed by atoms with Crippen molar-refractivity contribution in [2.75, 3.05) is 7.11 Å². The Kier molecular flexibility index (Phi) is 3.03. The molecule has 0 aromatic carbocycles. The Hall–Kier alpha value is -1.20. The van der Waals surface area contributed by atoms with E-state index in [0.717, 1.165) is 4.68 Å². The van der Waals surface area contributed by atoms with Gasteiger partial charge in [0.2, 0.25) is 5.88 Å². The van der Waals surface area contributed by atoms with Gasteiger partial charge in [-0.2, -0.15) is 13.2 Å². The van der Waals surface area contributed by atoms with E-state index in [1.165, 1.54) is 13.3 Å². The number of aryl methyl sites for hydroxylation is 1. The zero-order chi connectivity index (χ0) is 10.8. The van der Waals surface area contributed by atoms with Crippen molar-refractivity contribution in [2.24, 2.45) is 0 Å². The summed E-state index contributed by atoms with van der Waals surface area (Å²) < 4.78 is 41.6. The van der Waals surface area contributed by atoms with Crippen molar-refractivity contribution in [3.05, 3.63) is 11.8 Å². The van der Waals surface area contributed by atoms with Crippen LogP contribution in [-0.4, -0.2) is 23.1 Å². The fourth-order valence-corrected chi connectivity index (χ4v) is 1.12. The van der Waals surface area contributed by atoms with Gasteiger partial charge >= 0.3 is 6.18 Å². The molecule has 0 fully saturated rings. The van der Waals surface area contributed by atoms with E-state index in [4.69, 9.17) is 4.74 Å². The zero-order valence-corrected chi connectivity index (χ0v) is 7.93. The predicted molar refractivity (Wildman–Crippen MR) is 44.2 cm³/mol. The second-order valence-corrected chi connectivity index (χ2v) is 2.83. The average molecular weight is 208 g/mol. The summed E-state index contributed by atoms with van der Waals surface area (Å²) in [4.78, 5) is 0. The third-order valence-electron chi connectivity index (χ3n) is 1.71. The third-order valence-corrected chi connectivity index (χ3v) is 1.71. The van der Waals surface area contributed by atoms with Crippen LogP contribution in [-0.2, 0) is 13.0 Å². The second-order valence-electron chi connectivity index (χ2n) is 2.83. The van der Waals surface area contributed by atoms with Gasteiger partial charge in [-0.1, -0.05) is 6.92 Å². The molecule has 0 spiro atoms. The van der Waals surface area contributed by atoms with Crippen LogP contribution >= 0.6 is 0 Å². The number of hydrogen-bond acceptors (Lipinski definition) is 2. The minimum Gasteiger partial charge on any atom is -0.480 e. The van der Waals surface area contributed by atoms with Gasteiger partial charge in [0.1, 0.15) is 6.54 Å². The molecule has 80 valence electrons. The molecule has 14 heavy (non-hydrogen) atoms. The van der Waals surface area contributed by atoms with Gasteiger partial charge in [-0.05, 0) is 6.42 Å². The number of hydrogen-bond donors (Lipinski definition) is 0. The molecule has 0 N–H and O–H groups in total. The summed E-state index contributed by atoms with van der Waals surface area (Å²) in [6, 6.07) is 0. The van der Waals surface area contributed by atoms with Gasteiger partial charge in [0, 0.05) is 11.8 Å². The van der Waals surface area contributed by atoms with E-state index in [9.17, 15) is 13.2 Å². The monoisotopic (exact) mass is 208 g/mol. The van der Waals surface area contributed by atoms with Crippen molar-refractivity contribution in [2.45, 2.75) is 26.1 Å². The van der Waals surface area contributed by atoms with Gasteiger partial charge in [-0.25, -0.2) is 0 Å². The van der Waals surface area contributed by atoms with Crippen molar-refractivity contribution in [1.29, 1.82) is 0 Å². The molecule has 1 rings (SSSR count). The minimum atomic E-state index is -4.25. The van der Waals surface area contributed by atoms with E-state index in [-0.39, 0.29) is 5.88 Å². The maximum atomic E-state index is 12.0. The molecule has 0 bridgehead atoms. The highest BCUT2D eigenvalue weighted by atomic mass is 19.4. The molecule has 0 aliphatic heterocycles. The Morgan fingerprint density at radius 2 is 2.14 bits per heavy atom. The number of methoxy groups -OCH3 is 1. The Balaban J connectivity index is 2.84. The first-order valence-corrected chi connectivity index (χ1v) is 4.13. The summed E-state index contributed by atoms with van der Waals surface area (Å²) in [6.45, 7) is 0.751. The molecule has 6 heteroatoms. The van der Waals surface area contributed by atoms with Crippen molar-refractivity contribution in [3.8, 4) is 5.88 Å². The molecule has 0 aliphatic carbocycles. The molecular formula is C8H11F3N2O. The molecule has 0 radical (unpaired) electrons. The molecule has 1 heterocycles. The fraction of sp³-hybridized carbons (Fsp3) is 0.625. The summed E-state index contributed by atoms with van der Waals surface area (Å²) in [7, 11) is 1.39. The van der Waals surface area contributed by atoms with Gasteiger partial charge < -0.3 is 4.74 Å². The van der Waals surface area contributed by atoms with Gasteiger partial charge in [-0.3, -0.25) is 4.68 Å². The highest BCUT2D eigenvalue weighted by Gasteiger charge is 2.29. The summed E-state index contributed by atoms with van der Waals surface area (Å²) in [5.74, 6) is 0.261. The number of ether oxygens (including phenoxy) is 1. The lowest BCUT2D eigenvalue weighted by molar-refractivity contribution is -0.142. The summed E-state index contributed by atoms with van der Waals surface area (Å²) >= 11 is 0. The van der Waals surface area contributed by atoms with E-state index in [1.807, 2.05) is 6.92 Å². The SMILES string of the molecule is CCc1cn(CC(F)(F)F)nc1OC. The Morgan fingerprint density at radius 3 is 2.50 bits per heavy atom. The van der Waals surface area contributed by atoms with Crippen molar-refractivity contribution < 1.29 is 17.9 Å². The van der Waals surface area contributed by atoms with Crippen LogP contribution in [0.3, 0.4) is 0 Å². The lowest BCUT2D eigenvalue weighted by Crippen LogP contribution is -2.17. The first kappa shape index (κ1) is 10.9. The molecule has 1 aromatic heterocycles. The second kappa shape index (κ2) is 3.89. The normalized spacial score (nSPS) is 11.8.